The van der Waals surface area contributed by atoms with E-state index in [4.69, 9.17) is 10.9 Å². The van der Waals surface area contributed by atoms with Crippen molar-refractivity contribution in [3.05, 3.63) is 29.6 Å². The smallest absolute Gasteiger partial charge is 0.239 e. The Kier molecular flexibility index (Phi) is 4.43. The summed E-state index contributed by atoms with van der Waals surface area (Å²) < 4.78 is 35.4. The fourth-order valence-corrected chi connectivity index (χ4v) is 1.91. The normalized spacial score (nSPS) is 12.2. The van der Waals surface area contributed by atoms with E-state index in [1.165, 1.54) is 12.1 Å². The van der Waals surface area contributed by atoms with E-state index < -0.39 is 33.2 Å². The molecule has 0 saturated carbocycles. The van der Waals surface area contributed by atoms with Gasteiger partial charge in [0.1, 0.15) is 11.6 Å². The molecule has 0 bridgehead atoms. The maximum Gasteiger partial charge on any atom is 0.239 e. The van der Waals surface area contributed by atoms with Gasteiger partial charge in [0, 0.05) is 6.26 Å². The molecule has 0 fully saturated rings. The van der Waals surface area contributed by atoms with E-state index in [9.17, 15) is 17.6 Å². The number of nitrogens with one attached hydrogen (secondary N) is 1. The molecule has 4 N–H and O–H groups in total. The lowest BCUT2D eigenvalue weighted by molar-refractivity contribution is -0.113. The van der Waals surface area contributed by atoms with Crippen LogP contribution in [0.15, 0.2) is 23.4 Å². The maximum absolute atomic E-state index is 13.5. The number of anilines is 1. The summed E-state index contributed by atoms with van der Waals surface area (Å²) in [5, 5.41) is 13.4. The van der Waals surface area contributed by atoms with Crippen LogP contribution in [0.4, 0.5) is 10.1 Å². The standard InChI is InChI=1S/C10H12FN3O4S/c1-19(17,18)5-8(15)13-7-4-2-3-6(11)9(7)10(12)14-16/h2-4,16H,5H2,1H3,(H2,12,14)(H,13,15). The molecule has 0 spiro atoms. The van der Waals surface area contributed by atoms with Crippen molar-refractivity contribution >= 4 is 27.3 Å². The van der Waals surface area contributed by atoms with Crippen molar-refractivity contribution in [3.8, 4) is 0 Å². The Labute approximate surface area is 108 Å². The van der Waals surface area contributed by atoms with Crippen LogP contribution in [0.5, 0.6) is 0 Å². The summed E-state index contributed by atoms with van der Waals surface area (Å²) >= 11 is 0. The van der Waals surface area contributed by atoms with Crippen molar-refractivity contribution < 1.29 is 22.8 Å². The van der Waals surface area contributed by atoms with Gasteiger partial charge in [-0.05, 0) is 12.1 Å². The number of amides is 1. The van der Waals surface area contributed by atoms with E-state index >= 15 is 0 Å². The lowest BCUT2D eigenvalue weighted by Crippen LogP contribution is -2.25. The van der Waals surface area contributed by atoms with Gasteiger partial charge < -0.3 is 16.3 Å². The van der Waals surface area contributed by atoms with E-state index in [-0.39, 0.29) is 11.3 Å². The van der Waals surface area contributed by atoms with Gasteiger partial charge in [0.2, 0.25) is 5.91 Å². The molecule has 0 aliphatic rings. The zero-order chi connectivity index (χ0) is 14.6. The molecule has 0 heterocycles. The van der Waals surface area contributed by atoms with Crippen molar-refractivity contribution in [3.63, 3.8) is 0 Å². The van der Waals surface area contributed by atoms with Crippen LogP contribution in [0.3, 0.4) is 0 Å². The molecular weight excluding hydrogens is 277 g/mol. The largest absolute Gasteiger partial charge is 0.409 e. The number of rotatable bonds is 4. The van der Waals surface area contributed by atoms with Crippen LogP contribution in [-0.4, -0.2) is 37.4 Å². The van der Waals surface area contributed by atoms with Crippen LogP contribution in [0, 0.1) is 5.82 Å². The van der Waals surface area contributed by atoms with Crippen molar-refractivity contribution in [2.24, 2.45) is 10.9 Å². The minimum atomic E-state index is -3.51. The molecule has 0 radical (unpaired) electrons. The van der Waals surface area contributed by atoms with Gasteiger partial charge in [-0.1, -0.05) is 11.2 Å². The highest BCUT2D eigenvalue weighted by molar-refractivity contribution is 7.91. The van der Waals surface area contributed by atoms with Gasteiger partial charge in [-0.3, -0.25) is 4.79 Å². The van der Waals surface area contributed by atoms with Gasteiger partial charge in [0.15, 0.2) is 15.7 Å². The van der Waals surface area contributed by atoms with Gasteiger partial charge in [-0.25, -0.2) is 12.8 Å². The number of carbonyl (C=O) groups excluding carboxylic acids is 1. The number of nitrogens with zero attached hydrogens (tertiary/aromatic N) is 1. The van der Waals surface area contributed by atoms with Crippen LogP contribution in [0.25, 0.3) is 0 Å². The minimum Gasteiger partial charge on any atom is -0.409 e. The Morgan fingerprint density at radius 1 is 1.53 bits per heavy atom. The summed E-state index contributed by atoms with van der Waals surface area (Å²) in [5.41, 5.74) is 4.90. The number of hydrogen-bond donors (Lipinski definition) is 3. The Morgan fingerprint density at radius 3 is 2.68 bits per heavy atom. The fourth-order valence-electron chi connectivity index (χ4n) is 1.36. The van der Waals surface area contributed by atoms with Gasteiger partial charge in [0.25, 0.3) is 0 Å². The highest BCUT2D eigenvalue weighted by Gasteiger charge is 2.17. The van der Waals surface area contributed by atoms with E-state index in [1.54, 1.807) is 0 Å². The number of halogens is 1. The lowest BCUT2D eigenvalue weighted by Gasteiger charge is -2.10. The zero-order valence-electron chi connectivity index (χ0n) is 9.92. The van der Waals surface area contributed by atoms with Crippen molar-refractivity contribution in [2.45, 2.75) is 0 Å². The van der Waals surface area contributed by atoms with E-state index in [2.05, 4.69) is 10.5 Å². The molecule has 1 aromatic carbocycles. The third-order valence-electron chi connectivity index (χ3n) is 2.04. The van der Waals surface area contributed by atoms with Crippen molar-refractivity contribution in [1.29, 1.82) is 0 Å². The first kappa shape index (κ1) is 14.9. The van der Waals surface area contributed by atoms with E-state index in [1.807, 2.05) is 0 Å². The summed E-state index contributed by atoms with van der Waals surface area (Å²) in [4.78, 5) is 11.4. The number of hydrogen-bond acceptors (Lipinski definition) is 5. The van der Waals surface area contributed by atoms with Crippen LogP contribution in [0.2, 0.25) is 0 Å². The molecule has 0 saturated heterocycles. The summed E-state index contributed by atoms with van der Waals surface area (Å²) in [5.74, 6) is -2.95. The topological polar surface area (TPSA) is 122 Å². The molecule has 0 unspecified atom stereocenters. The first-order valence-electron chi connectivity index (χ1n) is 4.98. The molecule has 0 aromatic heterocycles. The molecule has 104 valence electrons. The van der Waals surface area contributed by atoms with Gasteiger partial charge in [-0.2, -0.15) is 0 Å². The molecule has 1 aromatic rings. The first-order valence-corrected chi connectivity index (χ1v) is 7.04. The Morgan fingerprint density at radius 2 is 2.16 bits per heavy atom. The zero-order valence-corrected chi connectivity index (χ0v) is 10.7. The van der Waals surface area contributed by atoms with Crippen LogP contribution in [-0.2, 0) is 14.6 Å². The monoisotopic (exact) mass is 289 g/mol. The highest BCUT2D eigenvalue weighted by Crippen LogP contribution is 2.18. The van der Waals surface area contributed by atoms with Gasteiger partial charge in [0.05, 0.1) is 11.3 Å². The van der Waals surface area contributed by atoms with E-state index in [0.29, 0.717) is 0 Å². The van der Waals surface area contributed by atoms with Gasteiger partial charge >= 0.3 is 0 Å². The molecule has 1 amide bonds. The minimum absolute atomic E-state index is 0.0797. The molecule has 19 heavy (non-hydrogen) atoms. The van der Waals surface area contributed by atoms with E-state index in [0.717, 1.165) is 12.3 Å². The third kappa shape index (κ3) is 4.21. The summed E-state index contributed by atoms with van der Waals surface area (Å²) in [6.45, 7) is 0. The number of nitrogens with two attached hydrogens (primary N) is 1. The average molecular weight is 289 g/mol. The fraction of sp³-hybridized carbons (Fsp3) is 0.200. The molecule has 0 atom stereocenters. The van der Waals surface area contributed by atoms with Crippen LogP contribution >= 0.6 is 0 Å². The molecular formula is C10H12FN3O4S. The SMILES string of the molecule is CS(=O)(=O)CC(=O)Nc1cccc(F)c1C(N)=NO. The van der Waals surface area contributed by atoms with Crippen LogP contribution < -0.4 is 11.1 Å². The Balaban J connectivity index is 3.09. The van der Waals surface area contributed by atoms with Crippen molar-refractivity contribution in [1.82, 2.24) is 0 Å². The summed E-state index contributed by atoms with van der Waals surface area (Å²) in [7, 11) is -3.51. The van der Waals surface area contributed by atoms with Crippen molar-refractivity contribution in [2.75, 3.05) is 17.3 Å². The number of amidine groups is 1. The maximum atomic E-state index is 13.5. The first-order chi connectivity index (χ1) is 8.74. The molecule has 0 aliphatic heterocycles. The second-order valence-electron chi connectivity index (χ2n) is 3.77. The predicted molar refractivity (Wildman–Crippen MR) is 67.3 cm³/mol. The summed E-state index contributed by atoms with van der Waals surface area (Å²) in [6.07, 6.45) is 0.891. The number of sulfone groups is 1. The second kappa shape index (κ2) is 5.65. The Bertz CT molecular complexity index is 628. The molecule has 1 rings (SSSR count). The number of benzene rings is 1. The average Bonchev–Trinajstić information content (AvgIpc) is 2.25. The quantitative estimate of drug-likeness (QED) is 0.309. The second-order valence-corrected chi connectivity index (χ2v) is 5.91. The third-order valence-corrected chi connectivity index (χ3v) is 2.83. The Hall–Kier alpha value is -2.16. The lowest BCUT2D eigenvalue weighted by atomic mass is 10.1. The van der Waals surface area contributed by atoms with Crippen LogP contribution in [0.1, 0.15) is 5.56 Å². The number of carbonyl (C=O) groups is 1. The molecule has 9 heteroatoms. The number of oxime groups is 1. The highest BCUT2D eigenvalue weighted by atomic mass is 32.2. The molecule has 0 aliphatic carbocycles. The summed E-state index contributed by atoms with van der Waals surface area (Å²) in [6, 6.07) is 3.65. The van der Waals surface area contributed by atoms with Gasteiger partial charge in [-0.15, -0.1) is 0 Å². The predicted octanol–water partition coefficient (Wildman–Crippen LogP) is -0.0967. The molecule has 7 nitrogen and oxygen atoms in total.